The lowest BCUT2D eigenvalue weighted by Gasteiger charge is -2.39. The van der Waals surface area contributed by atoms with Crippen LogP contribution in [-0.2, 0) is 4.12 Å². The summed E-state index contributed by atoms with van der Waals surface area (Å²) in [6, 6.07) is 5.27. The van der Waals surface area contributed by atoms with Crippen LogP contribution < -0.4 is 0 Å². The summed E-state index contributed by atoms with van der Waals surface area (Å²) in [7, 11) is -3.34. The number of hydrogen-bond acceptors (Lipinski definition) is 1. The van der Waals surface area contributed by atoms with Crippen molar-refractivity contribution in [2.75, 3.05) is 0 Å². The van der Waals surface area contributed by atoms with Crippen LogP contribution in [0.1, 0.15) is 77.0 Å². The zero-order valence-electron chi connectivity index (χ0n) is 19.9. The molecule has 0 rings (SSSR count). The summed E-state index contributed by atoms with van der Waals surface area (Å²) in [5, 5.41) is 0. The van der Waals surface area contributed by atoms with E-state index in [-0.39, 0.29) is 0 Å². The van der Waals surface area contributed by atoms with E-state index in [4.69, 9.17) is 4.12 Å². The predicted octanol–water partition coefficient (Wildman–Crippen LogP) is 9.58. The van der Waals surface area contributed by atoms with Crippen LogP contribution in [0.3, 0.4) is 0 Å². The van der Waals surface area contributed by atoms with Crippen LogP contribution >= 0.6 is 0 Å². The predicted molar refractivity (Wildman–Crippen MR) is 140 cm³/mol. The fraction of sp³-hybridized carbons (Fsp3) is 0.692. The average Bonchev–Trinajstić information content (AvgIpc) is 2.70. The maximum atomic E-state index is 7.32. The van der Waals surface area contributed by atoms with E-state index in [9.17, 15) is 0 Å². The molecule has 0 aliphatic carbocycles. The van der Waals surface area contributed by atoms with Crippen LogP contribution in [0, 0.1) is 0 Å². The van der Waals surface area contributed by atoms with E-state index in [1.54, 1.807) is 0 Å². The van der Waals surface area contributed by atoms with E-state index >= 15 is 0 Å². The molecule has 0 aliphatic rings. The minimum Gasteiger partial charge on any atom is -0.455 e. The van der Waals surface area contributed by atoms with E-state index in [2.05, 4.69) is 63.7 Å². The van der Waals surface area contributed by atoms with Crippen LogP contribution in [0.5, 0.6) is 0 Å². The SMILES string of the molecule is C=CCCCC[Si](C)(CCCCC=C)O[Si](C)(CCCCC=C)CCCCC=C. The molecule has 0 radical (unpaired) electrons. The third kappa shape index (κ3) is 15.8. The molecule has 29 heavy (non-hydrogen) atoms. The Labute approximate surface area is 185 Å². The summed E-state index contributed by atoms with van der Waals surface area (Å²) in [4.78, 5) is 0. The third-order valence-corrected chi connectivity index (χ3v) is 15.5. The smallest absolute Gasteiger partial charge is 0.176 e. The number of hydrogen-bond donors (Lipinski definition) is 0. The molecule has 0 saturated carbocycles. The largest absolute Gasteiger partial charge is 0.455 e. The fourth-order valence-electron chi connectivity index (χ4n) is 4.20. The molecule has 0 aromatic rings. The van der Waals surface area contributed by atoms with Gasteiger partial charge in [0.15, 0.2) is 16.6 Å². The molecule has 0 unspecified atom stereocenters. The minimum absolute atomic E-state index is 1.14. The highest BCUT2D eigenvalue weighted by molar-refractivity contribution is 6.86. The molecule has 0 bridgehead atoms. The Morgan fingerprint density at radius 3 is 0.931 bits per heavy atom. The van der Waals surface area contributed by atoms with Crippen molar-refractivity contribution in [3.63, 3.8) is 0 Å². The number of rotatable bonds is 22. The summed E-state index contributed by atoms with van der Waals surface area (Å²) >= 11 is 0. The van der Waals surface area contributed by atoms with Gasteiger partial charge in [0.05, 0.1) is 0 Å². The van der Waals surface area contributed by atoms with E-state index in [0.29, 0.717) is 0 Å². The molecule has 0 aromatic carbocycles. The highest BCUT2D eigenvalue weighted by Crippen LogP contribution is 2.33. The molecule has 1 nitrogen and oxygen atoms in total. The van der Waals surface area contributed by atoms with Crippen LogP contribution in [-0.4, -0.2) is 16.6 Å². The van der Waals surface area contributed by atoms with Crippen LogP contribution in [0.2, 0.25) is 37.3 Å². The van der Waals surface area contributed by atoms with Crippen molar-refractivity contribution in [2.45, 2.75) is 114 Å². The van der Waals surface area contributed by atoms with Crippen LogP contribution in [0.15, 0.2) is 50.6 Å². The van der Waals surface area contributed by atoms with Crippen molar-refractivity contribution >= 4 is 16.6 Å². The van der Waals surface area contributed by atoms with Gasteiger partial charge in [-0.1, -0.05) is 75.7 Å². The summed E-state index contributed by atoms with van der Waals surface area (Å²) in [6.07, 6.45) is 23.0. The van der Waals surface area contributed by atoms with Crippen LogP contribution in [0.4, 0.5) is 0 Å². The van der Waals surface area contributed by atoms with Crippen molar-refractivity contribution in [1.82, 2.24) is 0 Å². The zero-order valence-corrected chi connectivity index (χ0v) is 21.9. The summed E-state index contributed by atoms with van der Waals surface area (Å²) in [5.74, 6) is 0. The molecule has 0 atom stereocenters. The molecular formula is C26H50OSi2. The quantitative estimate of drug-likeness (QED) is 0.0935. The normalized spacial score (nSPS) is 11.9. The molecule has 3 heteroatoms. The molecule has 0 spiro atoms. The first-order chi connectivity index (χ1) is 13.9. The average molecular weight is 435 g/mol. The lowest BCUT2D eigenvalue weighted by molar-refractivity contribution is 0.498. The molecule has 168 valence electrons. The highest BCUT2D eigenvalue weighted by atomic mass is 28.4. The van der Waals surface area contributed by atoms with Crippen molar-refractivity contribution in [3.05, 3.63) is 50.6 Å². The van der Waals surface area contributed by atoms with Gasteiger partial charge in [-0.3, -0.25) is 0 Å². The van der Waals surface area contributed by atoms with Crippen molar-refractivity contribution < 1.29 is 4.12 Å². The lowest BCUT2D eigenvalue weighted by Crippen LogP contribution is -2.48. The standard InChI is InChI=1S/C26H50OSi2/c1-7-11-15-19-23-28(5,24-20-16-12-8-2)27-29(6,25-21-17-13-9-3)26-22-18-14-10-4/h7-10H,1-4,11-26H2,5-6H3. The Hall–Kier alpha value is -0.646. The second kappa shape index (κ2) is 18.1. The monoisotopic (exact) mass is 434 g/mol. The maximum Gasteiger partial charge on any atom is 0.176 e. The van der Waals surface area contributed by atoms with E-state index < -0.39 is 16.6 Å². The Bertz CT molecular complexity index is 372. The third-order valence-electron chi connectivity index (χ3n) is 5.95. The Morgan fingerprint density at radius 1 is 0.483 bits per heavy atom. The van der Waals surface area contributed by atoms with Gasteiger partial charge in [0.25, 0.3) is 0 Å². The Morgan fingerprint density at radius 2 is 0.724 bits per heavy atom. The maximum absolute atomic E-state index is 7.32. The minimum atomic E-state index is -1.67. The topological polar surface area (TPSA) is 9.23 Å². The number of allylic oxidation sites excluding steroid dienone is 4. The van der Waals surface area contributed by atoms with Gasteiger partial charge in [0.2, 0.25) is 0 Å². The Kier molecular flexibility index (Phi) is 17.7. The second-order valence-electron chi connectivity index (χ2n) is 9.14. The van der Waals surface area contributed by atoms with Gasteiger partial charge in [-0.05, 0) is 63.0 Å². The van der Waals surface area contributed by atoms with E-state index in [1.165, 1.54) is 75.5 Å². The van der Waals surface area contributed by atoms with Crippen LogP contribution in [0.25, 0.3) is 0 Å². The van der Waals surface area contributed by atoms with E-state index in [1.807, 2.05) is 0 Å². The molecule has 0 N–H and O–H groups in total. The van der Waals surface area contributed by atoms with Gasteiger partial charge in [0, 0.05) is 0 Å². The van der Waals surface area contributed by atoms with E-state index in [0.717, 1.165) is 25.7 Å². The summed E-state index contributed by atoms with van der Waals surface area (Å²) in [5.41, 5.74) is 0. The molecule has 0 saturated heterocycles. The van der Waals surface area contributed by atoms with Crippen molar-refractivity contribution in [1.29, 1.82) is 0 Å². The van der Waals surface area contributed by atoms with Gasteiger partial charge in [-0.2, -0.15) is 0 Å². The van der Waals surface area contributed by atoms with Crippen molar-refractivity contribution in [3.8, 4) is 0 Å². The first-order valence-electron chi connectivity index (χ1n) is 12.1. The van der Waals surface area contributed by atoms with Gasteiger partial charge >= 0.3 is 0 Å². The fourth-order valence-corrected chi connectivity index (χ4v) is 15.1. The molecule has 0 aromatic heterocycles. The molecule has 0 aliphatic heterocycles. The van der Waals surface area contributed by atoms with Gasteiger partial charge in [-0.15, -0.1) is 26.3 Å². The van der Waals surface area contributed by atoms with Crippen molar-refractivity contribution in [2.24, 2.45) is 0 Å². The molecule has 0 fully saturated rings. The second-order valence-corrected chi connectivity index (χ2v) is 17.8. The first-order valence-corrected chi connectivity index (χ1v) is 17.7. The number of unbranched alkanes of at least 4 members (excludes halogenated alkanes) is 8. The van der Waals surface area contributed by atoms with Gasteiger partial charge in [-0.25, -0.2) is 0 Å². The zero-order chi connectivity index (χ0) is 21.8. The molecular weight excluding hydrogens is 384 g/mol. The Balaban J connectivity index is 5.04. The van der Waals surface area contributed by atoms with Gasteiger partial charge < -0.3 is 4.12 Å². The highest BCUT2D eigenvalue weighted by Gasteiger charge is 2.38. The van der Waals surface area contributed by atoms with Gasteiger partial charge in [0.1, 0.15) is 0 Å². The summed E-state index contributed by atoms with van der Waals surface area (Å²) < 4.78 is 7.32. The molecule has 0 heterocycles. The lowest BCUT2D eigenvalue weighted by atomic mass is 10.2. The summed E-state index contributed by atoms with van der Waals surface area (Å²) in [6.45, 7) is 20.6. The molecule has 0 amide bonds. The first kappa shape index (κ1) is 28.4.